The fourth-order valence-electron chi connectivity index (χ4n) is 3.22. The lowest BCUT2D eigenvalue weighted by molar-refractivity contribution is -0.140. The van der Waals surface area contributed by atoms with Gasteiger partial charge in [-0.05, 0) is 24.6 Å². The highest BCUT2D eigenvalue weighted by Gasteiger charge is 2.39. The van der Waals surface area contributed by atoms with Gasteiger partial charge in [0.2, 0.25) is 0 Å². The normalized spacial score (nSPS) is 15.5. The molecular formula is C18H16ClF3N4O. The minimum Gasteiger partial charge on any atom is -0.378 e. The molecule has 1 aromatic carbocycles. The van der Waals surface area contributed by atoms with Gasteiger partial charge >= 0.3 is 6.18 Å². The van der Waals surface area contributed by atoms with Crippen LogP contribution < -0.4 is 4.90 Å². The average Bonchev–Trinajstić information content (AvgIpc) is 3.02. The van der Waals surface area contributed by atoms with Gasteiger partial charge in [-0.25, -0.2) is 4.98 Å². The molecule has 0 aliphatic carbocycles. The predicted molar refractivity (Wildman–Crippen MR) is 96.2 cm³/mol. The molecule has 0 amide bonds. The molecule has 1 aliphatic rings. The second-order valence-electron chi connectivity index (χ2n) is 6.32. The fourth-order valence-corrected chi connectivity index (χ4v) is 3.34. The fraction of sp³-hybridized carbons (Fsp3) is 0.333. The number of ether oxygens (including phenoxy) is 1. The highest BCUT2D eigenvalue weighted by Crippen LogP contribution is 2.39. The molecule has 4 rings (SSSR count). The summed E-state index contributed by atoms with van der Waals surface area (Å²) in [5, 5.41) is 4.36. The van der Waals surface area contributed by atoms with Crippen molar-refractivity contribution in [3.63, 3.8) is 0 Å². The maximum absolute atomic E-state index is 13.8. The molecule has 0 saturated carbocycles. The predicted octanol–water partition coefficient (Wildman–Crippen LogP) is 4.21. The average molecular weight is 397 g/mol. The molecule has 27 heavy (non-hydrogen) atoms. The Morgan fingerprint density at radius 1 is 1.11 bits per heavy atom. The van der Waals surface area contributed by atoms with Crippen molar-refractivity contribution in [1.82, 2.24) is 14.6 Å². The molecule has 1 saturated heterocycles. The van der Waals surface area contributed by atoms with Crippen molar-refractivity contribution in [3.8, 4) is 11.1 Å². The Balaban J connectivity index is 2.00. The lowest BCUT2D eigenvalue weighted by Crippen LogP contribution is -2.37. The summed E-state index contributed by atoms with van der Waals surface area (Å²) in [7, 11) is 0. The number of benzene rings is 1. The van der Waals surface area contributed by atoms with Crippen molar-refractivity contribution in [1.29, 1.82) is 0 Å². The van der Waals surface area contributed by atoms with Crippen molar-refractivity contribution >= 4 is 23.1 Å². The third kappa shape index (κ3) is 3.35. The van der Waals surface area contributed by atoms with Gasteiger partial charge in [0.15, 0.2) is 11.3 Å². The first-order valence-electron chi connectivity index (χ1n) is 8.41. The van der Waals surface area contributed by atoms with Crippen molar-refractivity contribution in [2.75, 3.05) is 31.2 Å². The largest absolute Gasteiger partial charge is 0.435 e. The molecule has 1 fully saturated rings. The Labute approximate surface area is 158 Å². The summed E-state index contributed by atoms with van der Waals surface area (Å²) in [5.74, 6) is 0.575. The minimum atomic E-state index is -4.61. The van der Waals surface area contributed by atoms with Gasteiger partial charge in [-0.2, -0.15) is 22.8 Å². The highest BCUT2D eigenvalue weighted by atomic mass is 35.5. The molecule has 0 bridgehead atoms. The molecule has 2 aromatic heterocycles. The summed E-state index contributed by atoms with van der Waals surface area (Å²) < 4.78 is 47.9. The second kappa shape index (κ2) is 6.69. The number of anilines is 1. The monoisotopic (exact) mass is 396 g/mol. The Morgan fingerprint density at radius 2 is 1.78 bits per heavy atom. The van der Waals surface area contributed by atoms with Crippen molar-refractivity contribution in [2.24, 2.45) is 0 Å². The maximum atomic E-state index is 13.8. The van der Waals surface area contributed by atoms with E-state index in [9.17, 15) is 13.2 Å². The molecule has 1 aliphatic heterocycles. The first-order chi connectivity index (χ1) is 12.8. The molecule has 9 heteroatoms. The van der Waals surface area contributed by atoms with Crippen LogP contribution in [0.15, 0.2) is 30.3 Å². The molecule has 0 unspecified atom stereocenters. The van der Waals surface area contributed by atoms with Crippen LogP contribution in [0.25, 0.3) is 16.8 Å². The molecule has 0 spiro atoms. The molecule has 3 heterocycles. The van der Waals surface area contributed by atoms with E-state index in [4.69, 9.17) is 16.3 Å². The van der Waals surface area contributed by atoms with E-state index in [0.29, 0.717) is 48.4 Å². The number of aryl methyl sites for hydroxylation is 1. The molecule has 0 atom stereocenters. The smallest absolute Gasteiger partial charge is 0.378 e. The van der Waals surface area contributed by atoms with Crippen molar-refractivity contribution in [3.05, 3.63) is 46.7 Å². The molecule has 5 nitrogen and oxygen atoms in total. The van der Waals surface area contributed by atoms with Gasteiger partial charge in [0.25, 0.3) is 0 Å². The van der Waals surface area contributed by atoms with E-state index in [0.717, 1.165) is 0 Å². The number of alkyl halides is 3. The van der Waals surface area contributed by atoms with Gasteiger partial charge < -0.3 is 9.64 Å². The van der Waals surface area contributed by atoms with E-state index in [1.54, 1.807) is 37.3 Å². The third-order valence-electron chi connectivity index (χ3n) is 4.43. The number of morpholine rings is 1. The number of aromatic nitrogens is 3. The Bertz CT molecular complexity index is 979. The lowest BCUT2D eigenvalue weighted by atomic mass is 10.1. The first kappa shape index (κ1) is 18.1. The summed E-state index contributed by atoms with van der Waals surface area (Å²) >= 11 is 5.90. The van der Waals surface area contributed by atoms with E-state index in [-0.39, 0.29) is 11.2 Å². The molecule has 3 aromatic rings. The van der Waals surface area contributed by atoms with Crippen LogP contribution in [0.2, 0.25) is 5.02 Å². The summed E-state index contributed by atoms with van der Waals surface area (Å²) in [6.45, 7) is 3.95. The highest BCUT2D eigenvalue weighted by molar-refractivity contribution is 6.30. The van der Waals surface area contributed by atoms with Crippen LogP contribution in [0.5, 0.6) is 0 Å². The Morgan fingerprint density at radius 3 is 2.41 bits per heavy atom. The minimum absolute atomic E-state index is 0.0441. The van der Waals surface area contributed by atoms with Crippen LogP contribution in [0.3, 0.4) is 0 Å². The van der Waals surface area contributed by atoms with Crippen LogP contribution in [-0.4, -0.2) is 40.9 Å². The number of fused-ring (bicyclic) bond motifs is 1. The van der Waals surface area contributed by atoms with E-state index in [2.05, 4.69) is 10.1 Å². The number of hydrogen-bond acceptors (Lipinski definition) is 4. The SMILES string of the molecule is Cc1cc(N2CCOCC2)n2nc(C(F)(F)F)c(-c3ccc(Cl)cc3)c2n1. The summed E-state index contributed by atoms with van der Waals surface area (Å²) in [4.78, 5) is 6.34. The zero-order valence-corrected chi connectivity index (χ0v) is 15.2. The Kier molecular flexibility index (Phi) is 4.47. The summed E-state index contributed by atoms with van der Waals surface area (Å²) in [5.41, 5.74) is 0.154. The van der Waals surface area contributed by atoms with Crippen LogP contribution in [0.1, 0.15) is 11.4 Å². The topological polar surface area (TPSA) is 42.7 Å². The molecule has 0 N–H and O–H groups in total. The van der Waals surface area contributed by atoms with Crippen molar-refractivity contribution < 1.29 is 17.9 Å². The number of rotatable bonds is 2. The summed E-state index contributed by atoms with van der Waals surface area (Å²) in [6, 6.07) is 7.95. The van der Waals surface area contributed by atoms with Crippen molar-refractivity contribution in [2.45, 2.75) is 13.1 Å². The zero-order valence-electron chi connectivity index (χ0n) is 14.4. The second-order valence-corrected chi connectivity index (χ2v) is 6.76. The number of nitrogens with zero attached hydrogens (tertiary/aromatic N) is 4. The van der Waals surface area contributed by atoms with E-state index >= 15 is 0 Å². The van der Waals surface area contributed by atoms with Crippen LogP contribution in [0, 0.1) is 6.92 Å². The van der Waals surface area contributed by atoms with Gasteiger partial charge in [-0.1, -0.05) is 23.7 Å². The van der Waals surface area contributed by atoms with E-state index in [1.165, 1.54) is 4.52 Å². The number of hydrogen-bond donors (Lipinski definition) is 0. The van der Waals surface area contributed by atoms with Crippen LogP contribution in [-0.2, 0) is 10.9 Å². The molecule has 142 valence electrons. The van der Waals surface area contributed by atoms with E-state index < -0.39 is 11.9 Å². The molecule has 0 radical (unpaired) electrons. The summed E-state index contributed by atoms with van der Waals surface area (Å²) in [6.07, 6.45) is -4.61. The quantitative estimate of drug-likeness (QED) is 0.650. The zero-order chi connectivity index (χ0) is 19.2. The van der Waals surface area contributed by atoms with Crippen LogP contribution in [0.4, 0.5) is 19.0 Å². The number of halogens is 4. The van der Waals surface area contributed by atoms with Gasteiger partial charge in [-0.15, -0.1) is 0 Å². The standard InChI is InChI=1S/C18H16ClF3N4O/c1-11-10-14(25-6-8-27-9-7-25)26-17(23-11)15(16(24-26)18(20,21)22)12-2-4-13(19)5-3-12/h2-5,10H,6-9H2,1H3. The van der Waals surface area contributed by atoms with Gasteiger partial charge in [0, 0.05) is 29.9 Å². The lowest BCUT2D eigenvalue weighted by Gasteiger charge is -2.29. The molecular weight excluding hydrogens is 381 g/mol. The first-order valence-corrected chi connectivity index (χ1v) is 8.78. The van der Waals surface area contributed by atoms with E-state index in [1.807, 2.05) is 4.90 Å². The van der Waals surface area contributed by atoms with Gasteiger partial charge in [0.05, 0.1) is 18.8 Å². The van der Waals surface area contributed by atoms with Gasteiger partial charge in [0.1, 0.15) is 5.82 Å². The van der Waals surface area contributed by atoms with Crippen LogP contribution >= 0.6 is 11.6 Å². The third-order valence-corrected chi connectivity index (χ3v) is 4.69. The Hall–Kier alpha value is -2.32. The van der Waals surface area contributed by atoms with Gasteiger partial charge in [-0.3, -0.25) is 0 Å². The maximum Gasteiger partial charge on any atom is 0.435 e.